The molecule has 7 heteroatoms. The van der Waals surface area contributed by atoms with Crippen LogP contribution in [0.4, 0.5) is 0 Å². The highest BCUT2D eigenvalue weighted by atomic mass is 32.2. The maximum absolute atomic E-state index is 13.5. The summed E-state index contributed by atoms with van der Waals surface area (Å²) in [6, 6.07) is 12.4. The van der Waals surface area contributed by atoms with Gasteiger partial charge in [-0.3, -0.25) is 9.36 Å². The van der Waals surface area contributed by atoms with Crippen molar-refractivity contribution in [3.8, 4) is 6.07 Å². The van der Waals surface area contributed by atoms with Crippen LogP contribution < -0.4 is 5.56 Å². The molecule has 4 rings (SSSR count). The quantitative estimate of drug-likeness (QED) is 0.393. The van der Waals surface area contributed by atoms with Crippen LogP contribution in [0.2, 0.25) is 0 Å². The lowest BCUT2D eigenvalue weighted by molar-refractivity contribution is 0.0937. The highest BCUT2D eigenvalue weighted by molar-refractivity contribution is 8.00. The predicted octanol–water partition coefficient (Wildman–Crippen LogP) is 4.73. The number of ether oxygens (including phenoxy) is 1. The summed E-state index contributed by atoms with van der Waals surface area (Å²) in [5.74, 6) is 0. The average Bonchev–Trinajstić information content (AvgIpc) is 3.37. The number of fused-ring (bicyclic) bond motifs is 1. The van der Waals surface area contributed by atoms with Gasteiger partial charge in [-0.2, -0.15) is 5.26 Å². The van der Waals surface area contributed by atoms with Gasteiger partial charge in [0.25, 0.3) is 5.56 Å². The molecule has 2 atom stereocenters. The van der Waals surface area contributed by atoms with Crippen LogP contribution in [0.3, 0.4) is 0 Å². The Kier molecular flexibility index (Phi) is 6.57. The van der Waals surface area contributed by atoms with Gasteiger partial charge in [-0.05, 0) is 43.7 Å². The van der Waals surface area contributed by atoms with Crippen molar-refractivity contribution in [3.63, 3.8) is 0 Å². The van der Waals surface area contributed by atoms with Crippen molar-refractivity contribution in [1.29, 1.82) is 5.26 Å². The molecule has 5 nitrogen and oxygen atoms in total. The first-order chi connectivity index (χ1) is 14.6. The van der Waals surface area contributed by atoms with Crippen LogP contribution in [0.1, 0.15) is 35.8 Å². The third-order valence-electron chi connectivity index (χ3n) is 5.50. The zero-order valence-electron chi connectivity index (χ0n) is 17.3. The van der Waals surface area contributed by atoms with Crippen molar-refractivity contribution in [2.24, 2.45) is 0 Å². The zero-order valence-corrected chi connectivity index (χ0v) is 18.9. The number of benzene rings is 1. The molecular weight excluding hydrogens is 414 g/mol. The molecule has 1 fully saturated rings. The van der Waals surface area contributed by atoms with E-state index in [1.165, 1.54) is 11.8 Å². The van der Waals surface area contributed by atoms with E-state index in [0.29, 0.717) is 18.1 Å². The molecule has 1 aliphatic heterocycles. The van der Waals surface area contributed by atoms with Crippen molar-refractivity contribution < 1.29 is 4.74 Å². The maximum atomic E-state index is 13.5. The Labute approximate surface area is 184 Å². The van der Waals surface area contributed by atoms with E-state index >= 15 is 0 Å². The minimum absolute atomic E-state index is 0.00407. The average molecular weight is 440 g/mol. The van der Waals surface area contributed by atoms with Gasteiger partial charge in [-0.15, -0.1) is 11.3 Å². The molecule has 0 amide bonds. The number of aromatic nitrogens is 2. The Balaban J connectivity index is 1.74. The summed E-state index contributed by atoms with van der Waals surface area (Å²) in [5, 5.41) is 10.8. The van der Waals surface area contributed by atoms with Crippen LogP contribution in [-0.4, -0.2) is 27.5 Å². The van der Waals surface area contributed by atoms with Crippen LogP contribution >= 0.6 is 23.1 Å². The van der Waals surface area contributed by atoms with E-state index in [-0.39, 0.29) is 16.9 Å². The normalized spacial score (nSPS) is 17.3. The second-order valence-electron chi connectivity index (χ2n) is 7.54. The molecule has 2 aromatic heterocycles. The number of thioether (sulfide) groups is 1. The van der Waals surface area contributed by atoms with Crippen molar-refractivity contribution in [1.82, 2.24) is 9.55 Å². The first-order valence-corrected chi connectivity index (χ1v) is 12.0. The molecule has 0 aliphatic carbocycles. The predicted molar refractivity (Wildman–Crippen MR) is 122 cm³/mol. The first kappa shape index (κ1) is 21.1. The molecule has 1 aromatic carbocycles. The molecule has 3 aromatic rings. The fraction of sp³-hybridized carbons (Fsp3) is 0.435. The summed E-state index contributed by atoms with van der Waals surface area (Å²) in [6.45, 7) is 5.36. The molecule has 0 spiro atoms. The zero-order chi connectivity index (χ0) is 21.1. The number of hydrogen-bond acceptors (Lipinski definition) is 6. The maximum Gasteiger partial charge on any atom is 0.263 e. The molecule has 3 heterocycles. The number of nitrogens with zero attached hydrogens (tertiary/aromatic N) is 3. The fourth-order valence-corrected chi connectivity index (χ4v) is 6.14. The van der Waals surface area contributed by atoms with E-state index in [1.807, 2.05) is 30.3 Å². The minimum atomic E-state index is -0.320. The van der Waals surface area contributed by atoms with Gasteiger partial charge in [0.2, 0.25) is 0 Å². The molecule has 30 heavy (non-hydrogen) atoms. The lowest BCUT2D eigenvalue weighted by atomic mass is 10.1. The monoisotopic (exact) mass is 439 g/mol. The smallest absolute Gasteiger partial charge is 0.263 e. The molecular formula is C23H25N3O2S2. The van der Waals surface area contributed by atoms with E-state index in [1.54, 1.807) is 15.9 Å². The lowest BCUT2D eigenvalue weighted by Crippen LogP contribution is -2.29. The number of hydrogen-bond donors (Lipinski definition) is 0. The van der Waals surface area contributed by atoms with Gasteiger partial charge in [0.15, 0.2) is 5.16 Å². The van der Waals surface area contributed by atoms with Crippen molar-refractivity contribution in [2.75, 3.05) is 6.61 Å². The van der Waals surface area contributed by atoms with Gasteiger partial charge in [0.1, 0.15) is 10.1 Å². The minimum Gasteiger partial charge on any atom is -0.376 e. The second-order valence-corrected chi connectivity index (χ2v) is 9.91. The SMILES string of the molecule is CCc1c(C)sc2nc(S[C@@H](C#N)Cc3ccccc3)n(C[C@@H]3CCCO3)c(=O)c12. The van der Waals surface area contributed by atoms with Gasteiger partial charge >= 0.3 is 0 Å². The van der Waals surface area contributed by atoms with Crippen molar-refractivity contribution >= 4 is 33.3 Å². The van der Waals surface area contributed by atoms with Crippen molar-refractivity contribution in [3.05, 3.63) is 56.7 Å². The molecule has 156 valence electrons. The van der Waals surface area contributed by atoms with Gasteiger partial charge in [-0.25, -0.2) is 4.98 Å². The summed E-state index contributed by atoms with van der Waals surface area (Å²) in [5.41, 5.74) is 2.19. The molecule has 0 saturated carbocycles. The van der Waals surface area contributed by atoms with Crippen LogP contribution in [0.25, 0.3) is 10.2 Å². The number of rotatable bonds is 7. The van der Waals surface area contributed by atoms with Crippen LogP contribution in [-0.2, 0) is 24.1 Å². The second kappa shape index (κ2) is 9.34. The number of nitriles is 1. The Hall–Kier alpha value is -2.14. The largest absolute Gasteiger partial charge is 0.376 e. The standard InChI is InChI=1S/C23H25N3O2S2/c1-3-19-15(2)29-21-20(19)22(27)26(14-17-10-7-11-28-17)23(25-21)30-18(13-24)12-16-8-5-4-6-9-16/h4-6,8-9,17-18H,3,7,10-12,14H2,1-2H3/t17-,18+/m0/s1. The fourth-order valence-electron chi connectivity index (χ4n) is 3.97. The molecule has 1 saturated heterocycles. The summed E-state index contributed by atoms with van der Waals surface area (Å²) in [7, 11) is 0. The van der Waals surface area contributed by atoms with Crippen LogP contribution in [0.15, 0.2) is 40.3 Å². The summed E-state index contributed by atoms with van der Waals surface area (Å²) < 4.78 is 7.56. The molecule has 0 bridgehead atoms. The molecule has 0 N–H and O–H groups in total. The van der Waals surface area contributed by atoms with E-state index in [9.17, 15) is 10.1 Å². The van der Waals surface area contributed by atoms with E-state index in [0.717, 1.165) is 52.1 Å². The van der Waals surface area contributed by atoms with E-state index in [4.69, 9.17) is 9.72 Å². The van der Waals surface area contributed by atoms with Crippen LogP contribution in [0.5, 0.6) is 0 Å². The summed E-state index contributed by atoms with van der Waals surface area (Å²) >= 11 is 2.96. The van der Waals surface area contributed by atoms with Gasteiger partial charge in [0.05, 0.1) is 24.1 Å². The van der Waals surface area contributed by atoms with Gasteiger partial charge in [0, 0.05) is 11.5 Å². The summed E-state index contributed by atoms with van der Waals surface area (Å²) in [4.78, 5) is 20.3. The van der Waals surface area contributed by atoms with E-state index in [2.05, 4.69) is 19.9 Å². The Morgan fingerprint density at radius 2 is 2.20 bits per heavy atom. The third-order valence-corrected chi connectivity index (χ3v) is 7.62. The highest BCUT2D eigenvalue weighted by Gasteiger charge is 2.24. The topological polar surface area (TPSA) is 67.9 Å². The van der Waals surface area contributed by atoms with Crippen LogP contribution in [0, 0.1) is 18.3 Å². The van der Waals surface area contributed by atoms with Gasteiger partial charge in [-0.1, -0.05) is 49.0 Å². The number of aryl methyl sites for hydroxylation is 2. The Bertz CT molecular complexity index is 1130. The Morgan fingerprint density at radius 3 is 2.87 bits per heavy atom. The van der Waals surface area contributed by atoms with Gasteiger partial charge < -0.3 is 4.74 Å². The van der Waals surface area contributed by atoms with E-state index < -0.39 is 0 Å². The Morgan fingerprint density at radius 1 is 1.40 bits per heavy atom. The lowest BCUT2D eigenvalue weighted by Gasteiger charge is -2.17. The third kappa shape index (κ3) is 4.31. The molecule has 0 unspecified atom stereocenters. The highest BCUT2D eigenvalue weighted by Crippen LogP contribution is 2.31. The summed E-state index contributed by atoms with van der Waals surface area (Å²) in [6.07, 6.45) is 3.41. The first-order valence-electron chi connectivity index (χ1n) is 10.3. The molecule has 0 radical (unpaired) electrons. The number of thiophene rings is 1. The van der Waals surface area contributed by atoms with Crippen molar-refractivity contribution in [2.45, 2.75) is 62.6 Å². The molecule has 1 aliphatic rings.